The molecule has 1 aromatic carbocycles. The molecule has 0 unspecified atom stereocenters. The Kier molecular flexibility index (Phi) is 3.75. The van der Waals surface area contributed by atoms with Crippen LogP contribution in [0.1, 0.15) is 12.0 Å². The Morgan fingerprint density at radius 2 is 2.23 bits per heavy atom. The van der Waals surface area contributed by atoms with Gasteiger partial charge in [0.25, 0.3) is 0 Å². The first-order valence-corrected chi connectivity index (χ1v) is 4.16. The van der Waals surface area contributed by atoms with Crippen molar-refractivity contribution < 1.29 is 9.50 Å². The maximum atomic E-state index is 12.6. The molecular formula is C10H8ClFO. The summed E-state index contributed by atoms with van der Waals surface area (Å²) < 4.78 is 12.6. The molecule has 0 bridgehead atoms. The van der Waals surface area contributed by atoms with E-state index in [4.69, 9.17) is 16.7 Å². The lowest BCUT2D eigenvalue weighted by Crippen LogP contribution is -1.81. The van der Waals surface area contributed by atoms with Crippen molar-refractivity contribution in [1.29, 1.82) is 0 Å². The van der Waals surface area contributed by atoms with Crippen LogP contribution < -0.4 is 0 Å². The van der Waals surface area contributed by atoms with Crippen LogP contribution in [0.15, 0.2) is 18.2 Å². The van der Waals surface area contributed by atoms with Crippen molar-refractivity contribution in [2.24, 2.45) is 0 Å². The maximum Gasteiger partial charge on any atom is 0.124 e. The smallest absolute Gasteiger partial charge is 0.124 e. The van der Waals surface area contributed by atoms with Crippen LogP contribution in [0.3, 0.4) is 0 Å². The Labute approximate surface area is 81.2 Å². The van der Waals surface area contributed by atoms with Gasteiger partial charge < -0.3 is 5.11 Å². The van der Waals surface area contributed by atoms with E-state index in [1.165, 1.54) is 18.2 Å². The van der Waals surface area contributed by atoms with E-state index in [0.717, 1.165) is 0 Å². The minimum atomic E-state index is -0.377. The van der Waals surface area contributed by atoms with E-state index in [-0.39, 0.29) is 12.4 Å². The van der Waals surface area contributed by atoms with Gasteiger partial charge in [0.1, 0.15) is 5.82 Å². The highest BCUT2D eigenvalue weighted by atomic mass is 35.5. The van der Waals surface area contributed by atoms with Gasteiger partial charge in [0.15, 0.2) is 0 Å². The molecule has 0 saturated carbocycles. The van der Waals surface area contributed by atoms with Crippen LogP contribution in [0.5, 0.6) is 0 Å². The van der Waals surface area contributed by atoms with Crippen LogP contribution >= 0.6 is 11.6 Å². The molecule has 0 saturated heterocycles. The maximum absolute atomic E-state index is 12.6. The van der Waals surface area contributed by atoms with Crippen molar-refractivity contribution in [3.8, 4) is 11.8 Å². The molecule has 1 rings (SSSR count). The Balaban J connectivity index is 2.85. The number of aliphatic hydroxyl groups excluding tert-OH is 1. The Hall–Kier alpha value is -1.04. The number of halogens is 2. The van der Waals surface area contributed by atoms with Crippen molar-refractivity contribution in [2.75, 3.05) is 6.61 Å². The first-order valence-electron chi connectivity index (χ1n) is 3.79. The average molecular weight is 199 g/mol. The molecule has 0 aliphatic carbocycles. The van der Waals surface area contributed by atoms with Crippen molar-refractivity contribution in [3.63, 3.8) is 0 Å². The van der Waals surface area contributed by atoms with Crippen molar-refractivity contribution in [1.82, 2.24) is 0 Å². The van der Waals surface area contributed by atoms with Crippen LogP contribution in [0.2, 0.25) is 5.02 Å². The summed E-state index contributed by atoms with van der Waals surface area (Å²) in [6, 6.07) is 4.03. The van der Waals surface area contributed by atoms with E-state index in [1.54, 1.807) is 0 Å². The molecule has 0 spiro atoms. The molecule has 13 heavy (non-hydrogen) atoms. The van der Waals surface area contributed by atoms with Gasteiger partial charge in [-0.25, -0.2) is 4.39 Å². The van der Waals surface area contributed by atoms with E-state index < -0.39 is 0 Å². The van der Waals surface area contributed by atoms with Crippen LogP contribution in [0, 0.1) is 17.7 Å². The molecule has 1 aromatic rings. The lowest BCUT2D eigenvalue weighted by molar-refractivity contribution is 0.305. The summed E-state index contributed by atoms with van der Waals surface area (Å²) in [6.07, 6.45) is 0.397. The van der Waals surface area contributed by atoms with E-state index in [0.29, 0.717) is 17.0 Å². The summed E-state index contributed by atoms with van der Waals surface area (Å²) in [5.41, 5.74) is 0.580. The monoisotopic (exact) mass is 198 g/mol. The molecule has 0 aliphatic heterocycles. The van der Waals surface area contributed by atoms with Crippen LogP contribution in [-0.2, 0) is 0 Å². The quantitative estimate of drug-likeness (QED) is 0.686. The fourth-order valence-corrected chi connectivity index (χ4v) is 1.02. The highest BCUT2D eigenvalue weighted by Gasteiger charge is 1.97. The number of aliphatic hydroxyl groups is 1. The second kappa shape index (κ2) is 4.86. The van der Waals surface area contributed by atoms with Gasteiger partial charge in [-0.3, -0.25) is 0 Å². The Bertz CT molecular complexity index is 352. The van der Waals surface area contributed by atoms with Gasteiger partial charge in [0.05, 0.1) is 11.6 Å². The van der Waals surface area contributed by atoms with Gasteiger partial charge in [-0.1, -0.05) is 23.4 Å². The second-order valence-electron chi connectivity index (χ2n) is 2.40. The zero-order valence-corrected chi connectivity index (χ0v) is 7.61. The van der Waals surface area contributed by atoms with Crippen molar-refractivity contribution in [2.45, 2.75) is 6.42 Å². The standard InChI is InChI=1S/C10H8ClFO/c11-10-7-9(12)5-4-8(10)3-1-2-6-13/h4-5,7,13H,2,6H2. The highest BCUT2D eigenvalue weighted by molar-refractivity contribution is 6.31. The molecule has 0 radical (unpaired) electrons. The summed E-state index contributed by atoms with van der Waals surface area (Å²) >= 11 is 5.70. The van der Waals surface area contributed by atoms with Gasteiger partial charge in [-0.05, 0) is 18.2 Å². The summed E-state index contributed by atoms with van der Waals surface area (Å²) in [5.74, 6) is 5.06. The molecule has 3 heteroatoms. The predicted octanol–water partition coefficient (Wildman–Crippen LogP) is 2.21. The lowest BCUT2D eigenvalue weighted by atomic mass is 10.2. The van der Waals surface area contributed by atoms with Gasteiger partial charge in [-0.15, -0.1) is 0 Å². The molecule has 1 N–H and O–H groups in total. The zero-order chi connectivity index (χ0) is 9.68. The van der Waals surface area contributed by atoms with Crippen LogP contribution in [0.4, 0.5) is 4.39 Å². The molecular weight excluding hydrogens is 191 g/mol. The van der Waals surface area contributed by atoms with E-state index in [2.05, 4.69) is 11.8 Å². The Morgan fingerprint density at radius 1 is 1.46 bits per heavy atom. The third kappa shape index (κ3) is 3.06. The van der Waals surface area contributed by atoms with Gasteiger partial charge >= 0.3 is 0 Å². The fourth-order valence-electron chi connectivity index (χ4n) is 0.804. The zero-order valence-electron chi connectivity index (χ0n) is 6.85. The van der Waals surface area contributed by atoms with E-state index in [1.807, 2.05) is 0 Å². The fraction of sp³-hybridized carbons (Fsp3) is 0.200. The van der Waals surface area contributed by atoms with Crippen LogP contribution in [-0.4, -0.2) is 11.7 Å². The van der Waals surface area contributed by atoms with Gasteiger partial charge in [0.2, 0.25) is 0 Å². The summed E-state index contributed by atoms with van der Waals surface area (Å²) in [6.45, 7) is 0.0197. The minimum Gasteiger partial charge on any atom is -0.395 e. The number of rotatable bonds is 1. The van der Waals surface area contributed by atoms with Gasteiger partial charge in [0, 0.05) is 12.0 Å². The number of benzene rings is 1. The average Bonchev–Trinajstić information content (AvgIpc) is 2.09. The van der Waals surface area contributed by atoms with E-state index in [9.17, 15) is 4.39 Å². The first kappa shape index (κ1) is 10.0. The summed E-state index contributed by atoms with van der Waals surface area (Å²) in [7, 11) is 0. The molecule has 0 amide bonds. The van der Waals surface area contributed by atoms with E-state index >= 15 is 0 Å². The third-order valence-corrected chi connectivity index (χ3v) is 1.70. The Morgan fingerprint density at radius 3 is 2.85 bits per heavy atom. The summed E-state index contributed by atoms with van der Waals surface area (Å²) in [5, 5.41) is 8.76. The topological polar surface area (TPSA) is 20.2 Å². The van der Waals surface area contributed by atoms with Crippen LogP contribution in [0.25, 0.3) is 0 Å². The molecule has 1 nitrogen and oxygen atoms in total. The normalized spacial score (nSPS) is 9.15. The first-order chi connectivity index (χ1) is 6.24. The second-order valence-corrected chi connectivity index (χ2v) is 2.81. The largest absolute Gasteiger partial charge is 0.395 e. The lowest BCUT2D eigenvalue weighted by Gasteiger charge is -1.94. The minimum absolute atomic E-state index is 0.0197. The number of hydrogen-bond acceptors (Lipinski definition) is 1. The molecule has 0 fully saturated rings. The molecule has 0 heterocycles. The molecule has 0 aliphatic rings. The summed E-state index contributed by atoms with van der Waals surface area (Å²) in [4.78, 5) is 0. The predicted molar refractivity (Wildman–Crippen MR) is 50.0 cm³/mol. The molecule has 68 valence electrons. The third-order valence-electron chi connectivity index (χ3n) is 1.39. The molecule has 0 aromatic heterocycles. The highest BCUT2D eigenvalue weighted by Crippen LogP contribution is 2.15. The van der Waals surface area contributed by atoms with Crippen molar-refractivity contribution >= 4 is 11.6 Å². The SMILES string of the molecule is OCCC#Cc1ccc(F)cc1Cl. The number of hydrogen-bond donors (Lipinski definition) is 1. The van der Waals surface area contributed by atoms with Crippen molar-refractivity contribution in [3.05, 3.63) is 34.6 Å². The van der Waals surface area contributed by atoms with Gasteiger partial charge in [-0.2, -0.15) is 0 Å². The molecule has 0 atom stereocenters.